The molecule has 1 aliphatic rings. The summed E-state index contributed by atoms with van der Waals surface area (Å²) in [6.07, 6.45) is -3.08. The molecule has 0 aromatic carbocycles. The molecule has 0 bridgehead atoms. The molecule has 78 valence electrons. The van der Waals surface area contributed by atoms with E-state index in [0.29, 0.717) is 12.8 Å². The molecule has 0 aromatic heterocycles. The van der Waals surface area contributed by atoms with Crippen molar-refractivity contribution < 1.29 is 17.9 Å². The van der Waals surface area contributed by atoms with Gasteiger partial charge in [0.05, 0.1) is 0 Å². The summed E-state index contributed by atoms with van der Waals surface area (Å²) in [5, 5.41) is 0. The van der Waals surface area contributed by atoms with Crippen LogP contribution in [0, 0.1) is 0 Å². The highest BCUT2D eigenvalue weighted by Gasteiger charge is 2.56. The van der Waals surface area contributed by atoms with E-state index < -0.39 is 11.8 Å². The molecule has 0 amide bonds. The molecule has 0 aliphatic heterocycles. The molecular weight excluding hydrogens is 249 g/mol. The minimum Gasteiger partial charge on any atom is -0.369 e. The normalized spacial score (nSPS) is 36.2. The maximum Gasteiger partial charge on any atom is 0.417 e. The molecular formula is C8H12BrF3O. The maximum absolute atomic E-state index is 12.6. The number of rotatable bonds is 1. The summed E-state index contributed by atoms with van der Waals surface area (Å²) in [6.45, 7) is 0. The van der Waals surface area contributed by atoms with E-state index in [1.165, 1.54) is 0 Å². The smallest absolute Gasteiger partial charge is 0.369 e. The zero-order valence-corrected chi connectivity index (χ0v) is 8.91. The van der Waals surface area contributed by atoms with Crippen LogP contribution in [0.15, 0.2) is 0 Å². The summed E-state index contributed by atoms with van der Waals surface area (Å²) in [6, 6.07) is 0. The van der Waals surface area contributed by atoms with Crippen LogP contribution in [0.3, 0.4) is 0 Å². The van der Waals surface area contributed by atoms with Crippen molar-refractivity contribution in [1.29, 1.82) is 0 Å². The number of hydrogen-bond donors (Lipinski definition) is 0. The van der Waals surface area contributed by atoms with Crippen molar-refractivity contribution in [2.24, 2.45) is 0 Å². The van der Waals surface area contributed by atoms with Crippen molar-refractivity contribution in [1.82, 2.24) is 0 Å². The zero-order valence-electron chi connectivity index (χ0n) is 7.33. The van der Waals surface area contributed by atoms with Gasteiger partial charge in [0.25, 0.3) is 0 Å². The van der Waals surface area contributed by atoms with E-state index in [2.05, 4.69) is 20.7 Å². The van der Waals surface area contributed by atoms with Gasteiger partial charge >= 0.3 is 6.18 Å². The van der Waals surface area contributed by atoms with E-state index in [9.17, 15) is 13.2 Å². The van der Waals surface area contributed by atoms with Crippen LogP contribution in [0.1, 0.15) is 25.7 Å². The van der Waals surface area contributed by atoms with Gasteiger partial charge in [-0.05, 0) is 25.7 Å². The lowest BCUT2D eigenvalue weighted by atomic mass is 9.84. The van der Waals surface area contributed by atoms with E-state index in [0.717, 1.165) is 7.11 Å². The summed E-state index contributed by atoms with van der Waals surface area (Å²) < 4.78 is 42.4. The van der Waals surface area contributed by atoms with E-state index >= 15 is 0 Å². The molecule has 1 fully saturated rings. The fraction of sp³-hybridized carbons (Fsp3) is 1.00. The van der Waals surface area contributed by atoms with Crippen LogP contribution in [-0.2, 0) is 4.74 Å². The molecule has 0 saturated heterocycles. The van der Waals surface area contributed by atoms with Gasteiger partial charge in [-0.1, -0.05) is 15.9 Å². The van der Waals surface area contributed by atoms with Crippen molar-refractivity contribution in [3.8, 4) is 0 Å². The first-order valence-electron chi connectivity index (χ1n) is 4.17. The number of hydrogen-bond acceptors (Lipinski definition) is 1. The Balaban J connectivity index is 2.72. The predicted molar refractivity (Wildman–Crippen MR) is 47.0 cm³/mol. The van der Waals surface area contributed by atoms with Crippen LogP contribution in [0.4, 0.5) is 13.2 Å². The highest BCUT2D eigenvalue weighted by Crippen LogP contribution is 2.45. The van der Waals surface area contributed by atoms with E-state index in [1.54, 1.807) is 0 Å². The first-order valence-corrected chi connectivity index (χ1v) is 5.09. The van der Waals surface area contributed by atoms with Gasteiger partial charge in [-0.15, -0.1) is 0 Å². The molecule has 5 heteroatoms. The molecule has 0 heterocycles. The molecule has 0 unspecified atom stereocenters. The van der Waals surface area contributed by atoms with Crippen molar-refractivity contribution in [2.45, 2.75) is 42.3 Å². The summed E-state index contributed by atoms with van der Waals surface area (Å²) in [5.41, 5.74) is -1.89. The number of alkyl halides is 4. The van der Waals surface area contributed by atoms with Crippen LogP contribution < -0.4 is 0 Å². The lowest BCUT2D eigenvalue weighted by Gasteiger charge is -2.38. The molecule has 1 rings (SSSR count). The van der Waals surface area contributed by atoms with Crippen LogP contribution in [-0.4, -0.2) is 23.7 Å². The highest BCUT2D eigenvalue weighted by molar-refractivity contribution is 9.09. The molecule has 1 saturated carbocycles. The summed E-state index contributed by atoms with van der Waals surface area (Å²) >= 11 is 3.31. The summed E-state index contributed by atoms with van der Waals surface area (Å²) in [5.74, 6) is 0. The van der Waals surface area contributed by atoms with E-state index in [1.807, 2.05) is 0 Å². The average molecular weight is 261 g/mol. The quantitative estimate of drug-likeness (QED) is 0.658. The molecule has 0 radical (unpaired) electrons. The van der Waals surface area contributed by atoms with Gasteiger partial charge in [0.15, 0.2) is 5.60 Å². The van der Waals surface area contributed by atoms with Crippen LogP contribution >= 0.6 is 15.9 Å². The molecule has 0 atom stereocenters. The predicted octanol–water partition coefficient (Wildman–Crippen LogP) is 3.27. The Labute approximate surface area is 83.8 Å². The molecule has 1 nitrogen and oxygen atoms in total. The minimum absolute atomic E-state index is 0.0584. The molecule has 1 aliphatic carbocycles. The Kier molecular flexibility index (Phi) is 3.28. The van der Waals surface area contributed by atoms with E-state index in [4.69, 9.17) is 0 Å². The molecule has 0 N–H and O–H groups in total. The van der Waals surface area contributed by atoms with Gasteiger partial charge in [0, 0.05) is 11.9 Å². The van der Waals surface area contributed by atoms with Crippen LogP contribution in [0.25, 0.3) is 0 Å². The Morgan fingerprint density at radius 2 is 1.77 bits per heavy atom. The molecule has 13 heavy (non-hydrogen) atoms. The third-order valence-electron chi connectivity index (χ3n) is 2.63. The maximum atomic E-state index is 12.6. The second-order valence-corrected chi connectivity index (χ2v) is 4.67. The zero-order chi connectivity index (χ0) is 10.1. The summed E-state index contributed by atoms with van der Waals surface area (Å²) in [7, 11) is 1.14. The van der Waals surface area contributed by atoms with Crippen molar-refractivity contribution in [2.75, 3.05) is 7.11 Å². The Morgan fingerprint density at radius 3 is 2.08 bits per heavy atom. The largest absolute Gasteiger partial charge is 0.417 e. The Bertz CT molecular complexity index is 173. The van der Waals surface area contributed by atoms with Gasteiger partial charge in [-0.2, -0.15) is 13.2 Å². The van der Waals surface area contributed by atoms with Crippen molar-refractivity contribution in [3.63, 3.8) is 0 Å². The second kappa shape index (κ2) is 3.77. The van der Waals surface area contributed by atoms with Gasteiger partial charge < -0.3 is 4.74 Å². The highest BCUT2D eigenvalue weighted by atomic mass is 79.9. The first-order chi connectivity index (χ1) is 5.91. The van der Waals surface area contributed by atoms with Gasteiger partial charge in [-0.3, -0.25) is 0 Å². The molecule has 0 aromatic rings. The standard InChI is InChI=1S/C8H12BrF3O/c1-13-7(8(10,11)12)4-2-6(9)3-5-7/h6H,2-5H2,1H3. The number of ether oxygens (including phenoxy) is 1. The average Bonchev–Trinajstić information content (AvgIpc) is 2.04. The Hall–Kier alpha value is 0.230. The second-order valence-electron chi connectivity index (χ2n) is 3.37. The number of methoxy groups -OCH3 is 1. The third kappa shape index (κ3) is 2.18. The van der Waals surface area contributed by atoms with Crippen LogP contribution in [0.5, 0.6) is 0 Å². The van der Waals surface area contributed by atoms with Gasteiger partial charge in [0.2, 0.25) is 0 Å². The third-order valence-corrected chi connectivity index (χ3v) is 3.55. The summed E-state index contributed by atoms with van der Waals surface area (Å²) in [4.78, 5) is 0.207. The lowest BCUT2D eigenvalue weighted by molar-refractivity contribution is -0.279. The Morgan fingerprint density at radius 1 is 1.31 bits per heavy atom. The topological polar surface area (TPSA) is 9.23 Å². The van der Waals surface area contributed by atoms with E-state index in [-0.39, 0.29) is 17.7 Å². The first kappa shape index (κ1) is 11.3. The van der Waals surface area contributed by atoms with Gasteiger partial charge in [-0.25, -0.2) is 0 Å². The van der Waals surface area contributed by atoms with Gasteiger partial charge in [0.1, 0.15) is 0 Å². The monoisotopic (exact) mass is 260 g/mol. The fourth-order valence-electron chi connectivity index (χ4n) is 1.65. The minimum atomic E-state index is -4.24. The fourth-order valence-corrected chi connectivity index (χ4v) is 2.11. The molecule has 0 spiro atoms. The number of halogens is 4. The lowest BCUT2D eigenvalue weighted by Crippen LogP contribution is -2.49. The van der Waals surface area contributed by atoms with Crippen LogP contribution in [0.2, 0.25) is 0 Å². The SMILES string of the molecule is COC1(C(F)(F)F)CCC(Br)CC1. The van der Waals surface area contributed by atoms with Crippen molar-refractivity contribution >= 4 is 15.9 Å². The van der Waals surface area contributed by atoms with Crippen molar-refractivity contribution in [3.05, 3.63) is 0 Å².